The van der Waals surface area contributed by atoms with Gasteiger partial charge in [0.1, 0.15) is 0 Å². The smallest absolute Gasteiger partial charge is 0.333 e. The topological polar surface area (TPSA) is 139 Å². The lowest BCUT2D eigenvalue weighted by Gasteiger charge is -2.12. The minimum absolute atomic E-state index is 0.0596. The predicted octanol–water partition coefficient (Wildman–Crippen LogP) is -0.367. The molecule has 1 saturated heterocycles. The maximum atomic E-state index is 11.7. The van der Waals surface area contributed by atoms with Crippen LogP contribution in [-0.4, -0.2) is 47.1 Å². The third kappa shape index (κ3) is 6.32. The Labute approximate surface area is 155 Å². The summed E-state index contributed by atoms with van der Waals surface area (Å²) in [7, 11) is 0. The normalized spacial score (nSPS) is 16.4. The molecule has 0 aromatic carbocycles. The van der Waals surface area contributed by atoms with Crippen LogP contribution >= 0.6 is 0 Å². The van der Waals surface area contributed by atoms with Gasteiger partial charge in [-0.15, -0.1) is 5.06 Å². The number of carbonyl (C=O) groups is 6. The van der Waals surface area contributed by atoms with Crippen LogP contribution in [0.15, 0.2) is 11.6 Å². The van der Waals surface area contributed by atoms with Crippen LogP contribution in [0.4, 0.5) is 0 Å². The van der Waals surface area contributed by atoms with Gasteiger partial charge in [-0.1, -0.05) is 6.42 Å². The van der Waals surface area contributed by atoms with Gasteiger partial charge in [0.25, 0.3) is 23.6 Å². The summed E-state index contributed by atoms with van der Waals surface area (Å²) >= 11 is 0. The summed E-state index contributed by atoms with van der Waals surface area (Å²) in [5.74, 6) is -2.81. The Morgan fingerprint density at radius 2 is 1.74 bits per heavy atom. The molecule has 27 heavy (non-hydrogen) atoms. The predicted molar refractivity (Wildman–Crippen MR) is 89.1 cm³/mol. The molecule has 0 aliphatic carbocycles. The maximum Gasteiger partial charge on any atom is 0.333 e. The van der Waals surface area contributed by atoms with Crippen molar-refractivity contribution in [3.63, 3.8) is 0 Å². The van der Waals surface area contributed by atoms with E-state index in [0.717, 1.165) is 0 Å². The molecule has 0 atom stereocenters. The van der Waals surface area contributed by atoms with Crippen molar-refractivity contribution >= 4 is 35.5 Å². The molecule has 0 aromatic rings. The molecule has 0 aromatic heterocycles. The lowest BCUT2D eigenvalue weighted by Crippen LogP contribution is -2.31. The van der Waals surface area contributed by atoms with E-state index in [-0.39, 0.29) is 38.0 Å². The Morgan fingerprint density at radius 3 is 2.37 bits per heavy atom. The van der Waals surface area contributed by atoms with Crippen molar-refractivity contribution < 1.29 is 33.6 Å². The van der Waals surface area contributed by atoms with Gasteiger partial charge in [-0.3, -0.25) is 29.3 Å². The Morgan fingerprint density at radius 1 is 1.04 bits per heavy atom. The lowest BCUT2D eigenvalue weighted by atomic mass is 10.1. The van der Waals surface area contributed by atoms with E-state index >= 15 is 0 Å². The van der Waals surface area contributed by atoms with Crippen LogP contribution in [0.3, 0.4) is 0 Å². The van der Waals surface area contributed by atoms with Crippen LogP contribution in [0, 0.1) is 0 Å². The summed E-state index contributed by atoms with van der Waals surface area (Å²) in [5, 5.41) is 5.33. The Balaban J connectivity index is 1.50. The van der Waals surface area contributed by atoms with Crippen LogP contribution in [0.1, 0.15) is 51.4 Å². The molecule has 146 valence electrons. The van der Waals surface area contributed by atoms with Gasteiger partial charge < -0.3 is 10.2 Å². The highest BCUT2D eigenvalue weighted by Crippen LogP contribution is 2.13. The van der Waals surface area contributed by atoms with Crippen LogP contribution in [0.25, 0.3) is 0 Å². The summed E-state index contributed by atoms with van der Waals surface area (Å²) in [6.07, 6.45) is 3.48. The summed E-state index contributed by atoms with van der Waals surface area (Å²) in [6.45, 7) is 0.418. The third-order valence-corrected chi connectivity index (χ3v) is 4.03. The standard InChI is InChI=1S/C17H21N3O7/c21-12(6-5-11-10-13(22)19-17(11)26)18-9-3-1-2-4-16(25)27-20-14(23)7-8-15(20)24/h10H,1-9H2,(H,18,21)(H,19,22,26). The molecular formula is C17H21N3O7. The van der Waals surface area contributed by atoms with E-state index in [1.807, 2.05) is 0 Å². The molecule has 0 unspecified atom stereocenters. The number of hydroxylamine groups is 2. The zero-order valence-electron chi connectivity index (χ0n) is 14.7. The summed E-state index contributed by atoms with van der Waals surface area (Å²) in [6, 6.07) is 0. The van der Waals surface area contributed by atoms with Crippen molar-refractivity contribution in [1.29, 1.82) is 0 Å². The average molecular weight is 379 g/mol. The number of unbranched alkanes of at least 4 members (excludes halogenated alkanes) is 2. The largest absolute Gasteiger partial charge is 0.356 e. The molecule has 2 rings (SSSR count). The van der Waals surface area contributed by atoms with Gasteiger partial charge in [0, 0.05) is 43.9 Å². The molecule has 0 bridgehead atoms. The van der Waals surface area contributed by atoms with Crippen LogP contribution in [0.2, 0.25) is 0 Å². The van der Waals surface area contributed by atoms with E-state index in [2.05, 4.69) is 10.6 Å². The molecule has 2 N–H and O–H groups in total. The fourth-order valence-corrected chi connectivity index (χ4v) is 2.58. The lowest BCUT2D eigenvalue weighted by molar-refractivity contribution is -0.197. The number of hydrogen-bond acceptors (Lipinski definition) is 7. The Hall–Kier alpha value is -3.04. The Bertz CT molecular complexity index is 683. The first-order valence-corrected chi connectivity index (χ1v) is 8.76. The fraction of sp³-hybridized carbons (Fsp3) is 0.529. The molecule has 2 aliphatic rings. The van der Waals surface area contributed by atoms with Crippen molar-refractivity contribution in [3.05, 3.63) is 11.6 Å². The van der Waals surface area contributed by atoms with Crippen molar-refractivity contribution in [3.8, 4) is 0 Å². The number of hydrogen-bond donors (Lipinski definition) is 2. The molecular weight excluding hydrogens is 358 g/mol. The van der Waals surface area contributed by atoms with Crippen LogP contribution < -0.4 is 10.6 Å². The Kier molecular flexibility index (Phi) is 7.21. The molecule has 1 fully saturated rings. The molecule has 2 aliphatic heterocycles. The van der Waals surface area contributed by atoms with Crippen molar-refractivity contribution in [2.75, 3.05) is 6.54 Å². The van der Waals surface area contributed by atoms with E-state index in [1.165, 1.54) is 6.08 Å². The van der Waals surface area contributed by atoms with E-state index < -0.39 is 29.6 Å². The van der Waals surface area contributed by atoms with E-state index in [0.29, 0.717) is 36.4 Å². The van der Waals surface area contributed by atoms with Gasteiger partial charge in [0.15, 0.2) is 0 Å². The molecule has 2 heterocycles. The minimum atomic E-state index is -0.639. The first-order valence-electron chi connectivity index (χ1n) is 8.76. The number of rotatable bonds is 10. The van der Waals surface area contributed by atoms with Gasteiger partial charge in [0.05, 0.1) is 0 Å². The summed E-state index contributed by atoms with van der Waals surface area (Å²) in [5.41, 5.74) is 0.295. The van der Waals surface area contributed by atoms with Gasteiger partial charge >= 0.3 is 5.97 Å². The van der Waals surface area contributed by atoms with Gasteiger partial charge in [-0.05, 0) is 19.3 Å². The quantitative estimate of drug-likeness (QED) is 0.390. The van der Waals surface area contributed by atoms with E-state index in [9.17, 15) is 28.8 Å². The second-order valence-electron chi connectivity index (χ2n) is 6.19. The van der Waals surface area contributed by atoms with Crippen LogP contribution in [-0.2, 0) is 33.6 Å². The number of nitrogens with one attached hydrogen (secondary N) is 2. The van der Waals surface area contributed by atoms with Crippen LogP contribution in [0.5, 0.6) is 0 Å². The molecule has 10 nitrogen and oxygen atoms in total. The molecule has 0 spiro atoms. The summed E-state index contributed by atoms with van der Waals surface area (Å²) < 4.78 is 0. The molecule has 10 heteroatoms. The highest BCUT2D eigenvalue weighted by Gasteiger charge is 2.32. The molecule has 0 radical (unpaired) electrons. The number of nitrogens with zero attached hydrogens (tertiary/aromatic N) is 1. The molecule has 5 amide bonds. The number of imide groups is 2. The summed E-state index contributed by atoms with van der Waals surface area (Å²) in [4.78, 5) is 72.9. The van der Waals surface area contributed by atoms with Crippen molar-refractivity contribution in [1.82, 2.24) is 15.7 Å². The monoisotopic (exact) mass is 379 g/mol. The minimum Gasteiger partial charge on any atom is -0.356 e. The van der Waals surface area contributed by atoms with E-state index in [4.69, 9.17) is 4.84 Å². The second-order valence-corrected chi connectivity index (χ2v) is 6.19. The SMILES string of the molecule is O=C1C=C(CCC(=O)NCCCCCC(=O)ON2C(=O)CCC2=O)C(=O)N1. The first-order chi connectivity index (χ1) is 12.9. The van der Waals surface area contributed by atoms with Crippen molar-refractivity contribution in [2.45, 2.75) is 51.4 Å². The zero-order chi connectivity index (χ0) is 19.8. The van der Waals surface area contributed by atoms with Crippen molar-refractivity contribution in [2.24, 2.45) is 0 Å². The number of carbonyl (C=O) groups excluding carboxylic acids is 6. The third-order valence-electron chi connectivity index (χ3n) is 4.03. The van der Waals surface area contributed by atoms with Gasteiger partial charge in [0.2, 0.25) is 5.91 Å². The van der Waals surface area contributed by atoms with Gasteiger partial charge in [-0.2, -0.15) is 0 Å². The maximum absolute atomic E-state index is 11.7. The van der Waals surface area contributed by atoms with E-state index in [1.54, 1.807) is 0 Å². The average Bonchev–Trinajstić information content (AvgIpc) is 3.11. The number of amides is 5. The van der Waals surface area contributed by atoms with Gasteiger partial charge in [-0.25, -0.2) is 4.79 Å². The highest BCUT2D eigenvalue weighted by atomic mass is 16.7. The highest BCUT2D eigenvalue weighted by molar-refractivity contribution is 6.16. The first kappa shape index (κ1) is 20.3. The second kappa shape index (κ2) is 9.60. The molecule has 0 saturated carbocycles. The fourth-order valence-electron chi connectivity index (χ4n) is 2.58. The zero-order valence-corrected chi connectivity index (χ0v) is 14.7.